The van der Waals surface area contributed by atoms with Gasteiger partial charge in [-0.25, -0.2) is 0 Å². The number of ether oxygens (including phenoxy) is 1. The summed E-state index contributed by atoms with van der Waals surface area (Å²) in [7, 11) is 4.08. The molecule has 2 rings (SSSR count). The number of likely N-dealkylation sites (N-methyl/N-ethyl adjacent to an activating group) is 1. The lowest BCUT2D eigenvalue weighted by Gasteiger charge is -2.25. The van der Waals surface area contributed by atoms with E-state index in [-0.39, 0.29) is 0 Å². The standard InChI is InChI=1S/C13H22N2O2/c1-10-13(4-5-16-10)15(3)8-12-6-11(7-14-2)9-17-12/h6,9-10,13-14H,4-5,7-8H2,1-3H3. The summed E-state index contributed by atoms with van der Waals surface area (Å²) in [6.07, 6.45) is 3.27. The van der Waals surface area contributed by atoms with Crippen molar-refractivity contribution in [2.75, 3.05) is 20.7 Å². The Balaban J connectivity index is 1.90. The highest BCUT2D eigenvalue weighted by Crippen LogP contribution is 2.20. The van der Waals surface area contributed by atoms with Gasteiger partial charge < -0.3 is 14.5 Å². The van der Waals surface area contributed by atoms with E-state index in [1.54, 1.807) is 0 Å². The van der Waals surface area contributed by atoms with Crippen LogP contribution in [-0.2, 0) is 17.8 Å². The molecule has 1 saturated heterocycles. The largest absolute Gasteiger partial charge is 0.468 e. The normalized spacial score (nSPS) is 24.7. The fourth-order valence-corrected chi connectivity index (χ4v) is 2.47. The Morgan fingerprint density at radius 2 is 2.35 bits per heavy atom. The highest BCUT2D eigenvalue weighted by molar-refractivity contribution is 5.12. The monoisotopic (exact) mass is 238 g/mol. The molecule has 0 aliphatic carbocycles. The van der Waals surface area contributed by atoms with Gasteiger partial charge in [-0.3, -0.25) is 4.90 Å². The van der Waals surface area contributed by atoms with E-state index in [1.807, 2.05) is 13.3 Å². The van der Waals surface area contributed by atoms with E-state index in [0.29, 0.717) is 12.1 Å². The molecule has 0 spiro atoms. The van der Waals surface area contributed by atoms with Gasteiger partial charge in [-0.05, 0) is 33.5 Å². The summed E-state index contributed by atoms with van der Waals surface area (Å²) in [5, 5.41) is 3.12. The summed E-state index contributed by atoms with van der Waals surface area (Å²) in [6, 6.07) is 2.63. The van der Waals surface area contributed by atoms with Crippen LogP contribution in [0.2, 0.25) is 0 Å². The van der Waals surface area contributed by atoms with E-state index in [9.17, 15) is 0 Å². The third kappa shape index (κ3) is 3.09. The Hall–Kier alpha value is -0.840. The second-order valence-electron chi connectivity index (χ2n) is 4.80. The highest BCUT2D eigenvalue weighted by Gasteiger charge is 2.28. The summed E-state index contributed by atoms with van der Waals surface area (Å²) < 4.78 is 11.1. The zero-order valence-corrected chi connectivity index (χ0v) is 10.9. The van der Waals surface area contributed by atoms with E-state index in [1.165, 1.54) is 5.56 Å². The summed E-state index contributed by atoms with van der Waals surface area (Å²) in [4.78, 5) is 2.32. The Morgan fingerprint density at radius 3 is 3.00 bits per heavy atom. The van der Waals surface area contributed by atoms with Crippen LogP contribution in [-0.4, -0.2) is 37.7 Å². The lowest BCUT2D eigenvalue weighted by molar-refractivity contribution is 0.0792. The first kappa shape index (κ1) is 12.6. The maximum absolute atomic E-state index is 5.59. The topological polar surface area (TPSA) is 37.6 Å². The van der Waals surface area contributed by atoms with Crippen molar-refractivity contribution in [1.29, 1.82) is 0 Å². The molecule has 4 nitrogen and oxygen atoms in total. The minimum Gasteiger partial charge on any atom is -0.468 e. The third-order valence-electron chi connectivity index (χ3n) is 3.40. The molecule has 0 radical (unpaired) electrons. The fourth-order valence-electron chi connectivity index (χ4n) is 2.47. The average Bonchev–Trinajstić information content (AvgIpc) is 2.88. The van der Waals surface area contributed by atoms with Crippen LogP contribution in [0.15, 0.2) is 16.7 Å². The molecule has 4 heteroatoms. The van der Waals surface area contributed by atoms with Gasteiger partial charge in [-0.1, -0.05) is 0 Å². The second kappa shape index (κ2) is 5.67. The molecule has 2 heterocycles. The summed E-state index contributed by atoms with van der Waals surface area (Å²) >= 11 is 0. The van der Waals surface area contributed by atoms with Crippen LogP contribution < -0.4 is 5.32 Å². The molecule has 0 aromatic carbocycles. The van der Waals surface area contributed by atoms with Gasteiger partial charge in [0.25, 0.3) is 0 Å². The van der Waals surface area contributed by atoms with Crippen LogP contribution in [0.5, 0.6) is 0 Å². The molecule has 2 unspecified atom stereocenters. The quantitative estimate of drug-likeness (QED) is 0.845. The van der Waals surface area contributed by atoms with Crippen LogP contribution in [0.3, 0.4) is 0 Å². The molecule has 1 aromatic heterocycles. The molecule has 0 amide bonds. The first-order valence-electron chi connectivity index (χ1n) is 6.23. The minimum atomic E-state index is 0.326. The van der Waals surface area contributed by atoms with Gasteiger partial charge in [0.2, 0.25) is 0 Å². The van der Waals surface area contributed by atoms with Gasteiger partial charge in [-0.2, -0.15) is 0 Å². The highest BCUT2D eigenvalue weighted by atomic mass is 16.5. The Labute approximate surface area is 103 Å². The summed E-state index contributed by atoms with van der Waals surface area (Å²) in [5.41, 5.74) is 1.20. The molecular formula is C13H22N2O2. The number of furan rings is 1. The molecule has 1 aliphatic rings. The van der Waals surface area contributed by atoms with Crippen LogP contribution in [0, 0.1) is 0 Å². The zero-order valence-electron chi connectivity index (χ0n) is 10.9. The van der Waals surface area contributed by atoms with Gasteiger partial charge in [0, 0.05) is 24.8 Å². The van der Waals surface area contributed by atoms with Crippen LogP contribution in [0.1, 0.15) is 24.7 Å². The first-order chi connectivity index (χ1) is 8.20. The Bertz CT molecular complexity index is 351. The predicted molar refractivity (Wildman–Crippen MR) is 66.8 cm³/mol. The van der Waals surface area contributed by atoms with Gasteiger partial charge in [-0.15, -0.1) is 0 Å². The Morgan fingerprint density at radius 1 is 1.53 bits per heavy atom. The number of hydrogen-bond acceptors (Lipinski definition) is 4. The summed E-state index contributed by atoms with van der Waals surface area (Å²) in [5.74, 6) is 1.02. The SMILES string of the molecule is CNCc1coc(CN(C)C2CCOC2C)c1. The maximum atomic E-state index is 5.59. The van der Waals surface area contributed by atoms with Gasteiger partial charge in [0.05, 0.1) is 18.9 Å². The van der Waals surface area contributed by atoms with Crippen molar-refractivity contribution in [2.45, 2.75) is 38.6 Å². The lowest BCUT2D eigenvalue weighted by Crippen LogP contribution is -2.36. The molecule has 0 bridgehead atoms. The van der Waals surface area contributed by atoms with Crippen molar-refractivity contribution in [3.63, 3.8) is 0 Å². The van der Waals surface area contributed by atoms with Crippen molar-refractivity contribution in [1.82, 2.24) is 10.2 Å². The van der Waals surface area contributed by atoms with Crippen molar-refractivity contribution in [3.8, 4) is 0 Å². The third-order valence-corrected chi connectivity index (χ3v) is 3.40. The van der Waals surface area contributed by atoms with E-state index < -0.39 is 0 Å². The Kier molecular flexibility index (Phi) is 4.20. The molecule has 1 N–H and O–H groups in total. The molecule has 1 aromatic rings. The zero-order chi connectivity index (χ0) is 12.3. The predicted octanol–water partition coefficient (Wildman–Crippen LogP) is 1.61. The van der Waals surface area contributed by atoms with Crippen molar-refractivity contribution in [2.24, 2.45) is 0 Å². The summed E-state index contributed by atoms with van der Waals surface area (Å²) in [6.45, 7) is 4.72. The fraction of sp³-hybridized carbons (Fsp3) is 0.692. The molecule has 17 heavy (non-hydrogen) atoms. The molecule has 96 valence electrons. The van der Waals surface area contributed by atoms with E-state index in [2.05, 4.69) is 30.3 Å². The number of hydrogen-bond donors (Lipinski definition) is 1. The van der Waals surface area contributed by atoms with E-state index >= 15 is 0 Å². The van der Waals surface area contributed by atoms with Gasteiger partial charge >= 0.3 is 0 Å². The van der Waals surface area contributed by atoms with E-state index in [4.69, 9.17) is 9.15 Å². The van der Waals surface area contributed by atoms with Crippen molar-refractivity contribution >= 4 is 0 Å². The van der Waals surface area contributed by atoms with Crippen LogP contribution >= 0.6 is 0 Å². The van der Waals surface area contributed by atoms with Crippen molar-refractivity contribution in [3.05, 3.63) is 23.7 Å². The minimum absolute atomic E-state index is 0.326. The van der Waals surface area contributed by atoms with E-state index in [0.717, 1.165) is 31.9 Å². The molecule has 2 atom stereocenters. The average molecular weight is 238 g/mol. The number of rotatable bonds is 5. The smallest absolute Gasteiger partial charge is 0.118 e. The molecule has 0 saturated carbocycles. The number of nitrogens with one attached hydrogen (secondary N) is 1. The number of nitrogens with zero attached hydrogens (tertiary/aromatic N) is 1. The van der Waals surface area contributed by atoms with Crippen LogP contribution in [0.4, 0.5) is 0 Å². The second-order valence-corrected chi connectivity index (χ2v) is 4.80. The lowest BCUT2D eigenvalue weighted by atomic mass is 10.1. The van der Waals surface area contributed by atoms with Crippen LogP contribution in [0.25, 0.3) is 0 Å². The molecule has 1 aliphatic heterocycles. The van der Waals surface area contributed by atoms with Crippen molar-refractivity contribution < 1.29 is 9.15 Å². The first-order valence-corrected chi connectivity index (χ1v) is 6.23. The maximum Gasteiger partial charge on any atom is 0.118 e. The van der Waals surface area contributed by atoms with Gasteiger partial charge in [0.1, 0.15) is 5.76 Å². The molecular weight excluding hydrogens is 216 g/mol. The van der Waals surface area contributed by atoms with Gasteiger partial charge in [0.15, 0.2) is 0 Å². The molecule has 1 fully saturated rings.